The third kappa shape index (κ3) is 5.53. The molecule has 3 aromatic rings. The number of ether oxygens (including phenoxy) is 1. The summed E-state index contributed by atoms with van der Waals surface area (Å²) in [5.41, 5.74) is 9.99. The number of likely N-dealkylation sites (tertiary alicyclic amines) is 1. The topological polar surface area (TPSA) is 115 Å². The molecule has 34 heavy (non-hydrogen) atoms. The lowest BCUT2D eigenvalue weighted by molar-refractivity contribution is -0.123. The van der Waals surface area contributed by atoms with Gasteiger partial charge >= 0.3 is 0 Å². The molecule has 1 aromatic carbocycles. The van der Waals surface area contributed by atoms with Gasteiger partial charge in [-0.15, -0.1) is 5.10 Å². The fourth-order valence-corrected chi connectivity index (χ4v) is 4.46. The monoisotopic (exact) mass is 464 g/mol. The standard InChI is InChI=1S/C25H32N6O3/c1-16-14-17(2)27-24-22(16)25(29-30(24)3)34-15-21(32)28-20-6-4-18(5-7-20)8-11-31-12-9-19(10-13-31)23(26)33/h4-7,14,19H,8-13,15H2,1-3H3,(H2,26,33)(H,28,32). The number of piperidine rings is 1. The van der Waals surface area contributed by atoms with Gasteiger partial charge in [-0.05, 0) is 75.5 Å². The van der Waals surface area contributed by atoms with Crippen molar-refractivity contribution in [2.24, 2.45) is 18.7 Å². The zero-order valence-electron chi connectivity index (χ0n) is 20.0. The molecule has 3 heterocycles. The highest BCUT2D eigenvalue weighted by Crippen LogP contribution is 2.27. The van der Waals surface area contributed by atoms with Crippen LogP contribution < -0.4 is 15.8 Å². The smallest absolute Gasteiger partial charge is 0.262 e. The number of aromatic nitrogens is 3. The van der Waals surface area contributed by atoms with Gasteiger partial charge in [-0.1, -0.05) is 12.1 Å². The van der Waals surface area contributed by atoms with E-state index in [4.69, 9.17) is 10.5 Å². The second-order valence-corrected chi connectivity index (χ2v) is 9.01. The maximum atomic E-state index is 12.4. The van der Waals surface area contributed by atoms with E-state index in [1.165, 1.54) is 5.56 Å². The van der Waals surface area contributed by atoms with Gasteiger partial charge in [-0.25, -0.2) is 9.67 Å². The fourth-order valence-electron chi connectivity index (χ4n) is 4.46. The molecule has 0 spiro atoms. The SMILES string of the molecule is Cc1cc(C)c2c(OCC(=O)Nc3ccc(CCN4CCC(C(N)=O)CC4)cc3)nn(C)c2n1. The van der Waals surface area contributed by atoms with Gasteiger partial charge in [-0.3, -0.25) is 9.59 Å². The molecular formula is C25H32N6O3. The van der Waals surface area contributed by atoms with E-state index in [0.717, 1.165) is 66.9 Å². The number of benzene rings is 1. The number of primary amides is 1. The molecule has 0 radical (unpaired) electrons. The number of amides is 2. The summed E-state index contributed by atoms with van der Waals surface area (Å²) in [6, 6.07) is 9.83. The van der Waals surface area contributed by atoms with Gasteiger partial charge in [0.1, 0.15) is 0 Å². The number of hydrogen-bond donors (Lipinski definition) is 2. The van der Waals surface area contributed by atoms with Crippen LogP contribution in [0.4, 0.5) is 5.69 Å². The number of carbonyl (C=O) groups excluding carboxylic acids is 2. The van der Waals surface area contributed by atoms with Crippen LogP contribution in [0.15, 0.2) is 30.3 Å². The molecule has 2 amide bonds. The van der Waals surface area contributed by atoms with Crippen LogP contribution in [0.25, 0.3) is 11.0 Å². The van der Waals surface area contributed by atoms with E-state index in [1.807, 2.05) is 51.2 Å². The summed E-state index contributed by atoms with van der Waals surface area (Å²) in [5.74, 6) is -0.00265. The molecule has 0 aliphatic carbocycles. The Morgan fingerprint density at radius 1 is 1.18 bits per heavy atom. The van der Waals surface area contributed by atoms with Crippen molar-refractivity contribution in [3.05, 3.63) is 47.2 Å². The molecule has 2 aromatic heterocycles. The van der Waals surface area contributed by atoms with Crippen LogP contribution in [0.5, 0.6) is 5.88 Å². The number of aryl methyl sites for hydroxylation is 3. The number of hydrogen-bond acceptors (Lipinski definition) is 6. The van der Waals surface area contributed by atoms with Gasteiger partial charge in [0.15, 0.2) is 12.3 Å². The Morgan fingerprint density at radius 3 is 2.56 bits per heavy atom. The third-order valence-corrected chi connectivity index (χ3v) is 6.37. The van der Waals surface area contributed by atoms with Crippen LogP contribution in [0.1, 0.15) is 29.7 Å². The highest BCUT2D eigenvalue weighted by molar-refractivity contribution is 5.92. The molecule has 9 nitrogen and oxygen atoms in total. The van der Waals surface area contributed by atoms with E-state index in [0.29, 0.717) is 5.88 Å². The van der Waals surface area contributed by atoms with Crippen molar-refractivity contribution < 1.29 is 14.3 Å². The van der Waals surface area contributed by atoms with Crippen LogP contribution >= 0.6 is 0 Å². The predicted octanol–water partition coefficient (Wildman–Crippen LogP) is 2.34. The molecule has 3 N–H and O–H groups in total. The number of nitrogens with one attached hydrogen (secondary N) is 1. The van der Waals surface area contributed by atoms with Gasteiger partial charge < -0.3 is 20.7 Å². The van der Waals surface area contributed by atoms with Crippen molar-refractivity contribution >= 4 is 28.5 Å². The van der Waals surface area contributed by atoms with Crippen molar-refractivity contribution in [2.45, 2.75) is 33.1 Å². The van der Waals surface area contributed by atoms with E-state index < -0.39 is 0 Å². The van der Waals surface area contributed by atoms with Gasteiger partial charge in [0.2, 0.25) is 11.8 Å². The van der Waals surface area contributed by atoms with Crippen molar-refractivity contribution in [1.29, 1.82) is 0 Å². The molecule has 0 unspecified atom stereocenters. The van der Waals surface area contributed by atoms with E-state index in [1.54, 1.807) is 4.68 Å². The zero-order valence-corrected chi connectivity index (χ0v) is 20.0. The first kappa shape index (κ1) is 23.7. The molecule has 180 valence electrons. The molecule has 0 saturated carbocycles. The quantitative estimate of drug-likeness (QED) is 0.529. The van der Waals surface area contributed by atoms with Crippen LogP contribution in [-0.4, -0.2) is 57.7 Å². The minimum absolute atomic E-state index is 0.0180. The number of rotatable bonds is 8. The van der Waals surface area contributed by atoms with Crippen molar-refractivity contribution in [3.63, 3.8) is 0 Å². The Kier molecular flexibility index (Phi) is 7.12. The van der Waals surface area contributed by atoms with E-state index in [2.05, 4.69) is 20.3 Å². The summed E-state index contributed by atoms with van der Waals surface area (Å²) in [6.07, 6.45) is 2.59. The summed E-state index contributed by atoms with van der Waals surface area (Å²) in [6.45, 7) is 6.54. The third-order valence-electron chi connectivity index (χ3n) is 6.37. The van der Waals surface area contributed by atoms with Gasteiger partial charge in [-0.2, -0.15) is 0 Å². The molecule has 1 aliphatic rings. The van der Waals surface area contributed by atoms with Crippen molar-refractivity contribution in [1.82, 2.24) is 19.7 Å². The number of anilines is 1. The van der Waals surface area contributed by atoms with E-state index in [-0.39, 0.29) is 24.3 Å². The highest BCUT2D eigenvalue weighted by Gasteiger charge is 2.22. The van der Waals surface area contributed by atoms with Gasteiger partial charge in [0, 0.05) is 30.9 Å². The lowest BCUT2D eigenvalue weighted by Gasteiger charge is -2.30. The van der Waals surface area contributed by atoms with Crippen molar-refractivity contribution in [3.8, 4) is 5.88 Å². The second-order valence-electron chi connectivity index (χ2n) is 9.01. The minimum atomic E-state index is -0.249. The Labute approximate surface area is 199 Å². The molecular weight excluding hydrogens is 432 g/mol. The molecule has 1 saturated heterocycles. The number of fused-ring (bicyclic) bond motifs is 1. The molecule has 1 aliphatic heterocycles. The first-order chi connectivity index (χ1) is 16.3. The first-order valence-electron chi connectivity index (χ1n) is 11.6. The van der Waals surface area contributed by atoms with Crippen molar-refractivity contribution in [2.75, 3.05) is 31.6 Å². The van der Waals surface area contributed by atoms with Crippen LogP contribution in [-0.2, 0) is 23.1 Å². The number of nitrogens with zero attached hydrogens (tertiary/aromatic N) is 4. The van der Waals surface area contributed by atoms with E-state index >= 15 is 0 Å². The first-order valence-corrected chi connectivity index (χ1v) is 11.6. The summed E-state index contributed by atoms with van der Waals surface area (Å²) in [4.78, 5) is 30.6. The Bertz CT molecular complexity index is 1180. The lowest BCUT2D eigenvalue weighted by Crippen LogP contribution is -2.39. The van der Waals surface area contributed by atoms with Crippen LogP contribution in [0.3, 0.4) is 0 Å². The summed E-state index contributed by atoms with van der Waals surface area (Å²) >= 11 is 0. The maximum Gasteiger partial charge on any atom is 0.262 e. The number of carbonyl (C=O) groups is 2. The highest BCUT2D eigenvalue weighted by atomic mass is 16.5. The maximum absolute atomic E-state index is 12.4. The molecule has 4 rings (SSSR count). The van der Waals surface area contributed by atoms with Crippen LogP contribution in [0.2, 0.25) is 0 Å². The van der Waals surface area contributed by atoms with Gasteiger partial charge in [0.05, 0.1) is 5.39 Å². The molecule has 0 atom stereocenters. The molecule has 0 bridgehead atoms. The summed E-state index contributed by atoms with van der Waals surface area (Å²) in [5, 5.41) is 8.07. The molecule has 1 fully saturated rings. The van der Waals surface area contributed by atoms with Gasteiger partial charge in [0.25, 0.3) is 5.91 Å². The lowest BCUT2D eigenvalue weighted by atomic mass is 9.96. The average molecular weight is 465 g/mol. The Morgan fingerprint density at radius 2 is 1.88 bits per heavy atom. The fraction of sp³-hybridized carbons (Fsp3) is 0.440. The number of nitrogens with two attached hydrogens (primary N) is 1. The summed E-state index contributed by atoms with van der Waals surface area (Å²) < 4.78 is 7.40. The van der Waals surface area contributed by atoms with Crippen LogP contribution in [0, 0.1) is 19.8 Å². The average Bonchev–Trinajstić information content (AvgIpc) is 3.13. The Balaban J connectivity index is 1.26. The normalized spacial score (nSPS) is 14.9. The predicted molar refractivity (Wildman–Crippen MR) is 131 cm³/mol. The summed E-state index contributed by atoms with van der Waals surface area (Å²) in [7, 11) is 1.81. The second kappa shape index (κ2) is 10.2. The number of pyridine rings is 1. The zero-order chi connectivity index (χ0) is 24.2. The minimum Gasteiger partial charge on any atom is -0.466 e. The largest absolute Gasteiger partial charge is 0.466 e. The Hall–Kier alpha value is -3.46. The molecule has 9 heteroatoms. The van der Waals surface area contributed by atoms with E-state index in [9.17, 15) is 9.59 Å².